The Morgan fingerprint density at radius 1 is 1.00 bits per heavy atom. The number of rotatable bonds is 2. The van der Waals surface area contributed by atoms with E-state index in [9.17, 15) is 0 Å². The summed E-state index contributed by atoms with van der Waals surface area (Å²) in [7, 11) is 0. The van der Waals surface area contributed by atoms with Crippen molar-refractivity contribution < 1.29 is 0 Å². The van der Waals surface area contributed by atoms with Crippen molar-refractivity contribution in [3.05, 3.63) is 0 Å². The molecule has 0 aromatic heterocycles. The standard InChI is InChI=1S/C12H23N/c1-8-5-10(8)13-11-7-12(3,4)6-9(11)2/h8-11,13H,5-7H2,1-4H3. The van der Waals surface area contributed by atoms with Gasteiger partial charge in [-0.1, -0.05) is 27.7 Å². The lowest BCUT2D eigenvalue weighted by molar-refractivity contribution is 0.361. The Labute approximate surface area is 82.3 Å². The predicted molar refractivity (Wildman–Crippen MR) is 56.7 cm³/mol. The van der Waals surface area contributed by atoms with E-state index < -0.39 is 0 Å². The lowest BCUT2D eigenvalue weighted by Gasteiger charge is -2.18. The molecule has 2 saturated carbocycles. The molecule has 0 amide bonds. The van der Waals surface area contributed by atoms with Gasteiger partial charge in [0.1, 0.15) is 0 Å². The molecule has 76 valence electrons. The average molecular weight is 181 g/mol. The number of nitrogens with one attached hydrogen (secondary N) is 1. The molecule has 0 heterocycles. The third-order valence-electron chi connectivity index (χ3n) is 3.87. The molecule has 0 radical (unpaired) electrons. The van der Waals surface area contributed by atoms with Gasteiger partial charge in [0.25, 0.3) is 0 Å². The highest BCUT2D eigenvalue weighted by molar-refractivity contribution is 4.98. The molecule has 1 N–H and O–H groups in total. The van der Waals surface area contributed by atoms with E-state index in [-0.39, 0.29) is 0 Å². The van der Waals surface area contributed by atoms with Crippen molar-refractivity contribution in [3.8, 4) is 0 Å². The maximum atomic E-state index is 3.81. The fraction of sp³-hybridized carbons (Fsp3) is 1.00. The molecule has 1 nitrogen and oxygen atoms in total. The van der Waals surface area contributed by atoms with Crippen molar-refractivity contribution in [3.63, 3.8) is 0 Å². The molecule has 4 atom stereocenters. The van der Waals surface area contributed by atoms with Crippen molar-refractivity contribution in [1.29, 1.82) is 0 Å². The lowest BCUT2D eigenvalue weighted by atomic mass is 9.91. The second-order valence-electron chi connectivity index (χ2n) is 6.14. The number of hydrogen-bond acceptors (Lipinski definition) is 1. The highest BCUT2D eigenvalue weighted by Gasteiger charge is 2.41. The molecule has 0 bridgehead atoms. The van der Waals surface area contributed by atoms with Crippen LogP contribution in [0, 0.1) is 17.3 Å². The van der Waals surface area contributed by atoms with Crippen LogP contribution in [0.25, 0.3) is 0 Å². The van der Waals surface area contributed by atoms with Crippen molar-refractivity contribution >= 4 is 0 Å². The largest absolute Gasteiger partial charge is 0.311 e. The van der Waals surface area contributed by atoms with Crippen LogP contribution in [-0.4, -0.2) is 12.1 Å². The molecule has 0 aliphatic heterocycles. The van der Waals surface area contributed by atoms with Gasteiger partial charge in [0.05, 0.1) is 0 Å². The van der Waals surface area contributed by atoms with Crippen LogP contribution >= 0.6 is 0 Å². The summed E-state index contributed by atoms with van der Waals surface area (Å²) in [5, 5.41) is 3.81. The van der Waals surface area contributed by atoms with Crippen LogP contribution in [-0.2, 0) is 0 Å². The van der Waals surface area contributed by atoms with Crippen molar-refractivity contribution in [2.24, 2.45) is 17.3 Å². The summed E-state index contributed by atoms with van der Waals surface area (Å²) < 4.78 is 0. The minimum Gasteiger partial charge on any atom is -0.311 e. The molecule has 2 fully saturated rings. The zero-order valence-corrected chi connectivity index (χ0v) is 9.43. The van der Waals surface area contributed by atoms with E-state index in [1.807, 2.05) is 0 Å². The Hall–Kier alpha value is -0.0400. The van der Waals surface area contributed by atoms with E-state index in [4.69, 9.17) is 0 Å². The molecule has 2 aliphatic rings. The maximum Gasteiger partial charge on any atom is 0.0101 e. The van der Waals surface area contributed by atoms with Gasteiger partial charge in [-0.2, -0.15) is 0 Å². The molecular formula is C12H23N. The zero-order valence-electron chi connectivity index (χ0n) is 9.43. The summed E-state index contributed by atoms with van der Waals surface area (Å²) in [4.78, 5) is 0. The van der Waals surface area contributed by atoms with Crippen molar-refractivity contribution in [1.82, 2.24) is 5.32 Å². The Bertz CT molecular complexity index is 197. The van der Waals surface area contributed by atoms with Crippen LogP contribution in [0.15, 0.2) is 0 Å². The van der Waals surface area contributed by atoms with Gasteiger partial charge in [-0.05, 0) is 36.5 Å². The lowest BCUT2D eigenvalue weighted by Crippen LogP contribution is -2.34. The molecular weight excluding hydrogens is 158 g/mol. The van der Waals surface area contributed by atoms with E-state index in [1.54, 1.807) is 0 Å². The first-order chi connectivity index (χ1) is 5.98. The van der Waals surface area contributed by atoms with Gasteiger partial charge in [-0.15, -0.1) is 0 Å². The van der Waals surface area contributed by atoms with Crippen molar-refractivity contribution in [2.75, 3.05) is 0 Å². The quantitative estimate of drug-likeness (QED) is 0.690. The molecule has 2 aliphatic carbocycles. The maximum absolute atomic E-state index is 3.81. The molecule has 13 heavy (non-hydrogen) atoms. The first-order valence-corrected chi connectivity index (χ1v) is 5.74. The van der Waals surface area contributed by atoms with E-state index in [1.165, 1.54) is 19.3 Å². The third kappa shape index (κ3) is 2.07. The Morgan fingerprint density at radius 3 is 2.00 bits per heavy atom. The van der Waals surface area contributed by atoms with Crippen LogP contribution in [0.2, 0.25) is 0 Å². The summed E-state index contributed by atoms with van der Waals surface area (Å²) in [6.45, 7) is 9.56. The monoisotopic (exact) mass is 181 g/mol. The first-order valence-electron chi connectivity index (χ1n) is 5.74. The topological polar surface area (TPSA) is 12.0 Å². The van der Waals surface area contributed by atoms with Crippen LogP contribution in [0.5, 0.6) is 0 Å². The summed E-state index contributed by atoms with van der Waals surface area (Å²) in [6, 6.07) is 1.64. The fourth-order valence-electron chi connectivity index (χ4n) is 2.95. The third-order valence-corrected chi connectivity index (χ3v) is 3.87. The fourth-order valence-corrected chi connectivity index (χ4v) is 2.95. The Kier molecular flexibility index (Phi) is 2.18. The minimum atomic E-state index is 0.579. The van der Waals surface area contributed by atoms with Crippen LogP contribution in [0.1, 0.15) is 47.0 Å². The van der Waals surface area contributed by atoms with Gasteiger partial charge in [-0.25, -0.2) is 0 Å². The highest BCUT2D eigenvalue weighted by Crippen LogP contribution is 2.42. The van der Waals surface area contributed by atoms with Crippen LogP contribution < -0.4 is 5.32 Å². The van der Waals surface area contributed by atoms with E-state index in [2.05, 4.69) is 33.0 Å². The molecule has 0 spiro atoms. The molecule has 0 saturated heterocycles. The number of hydrogen-bond donors (Lipinski definition) is 1. The normalized spacial score (nSPS) is 48.0. The van der Waals surface area contributed by atoms with Crippen molar-refractivity contribution in [2.45, 2.75) is 59.0 Å². The second kappa shape index (κ2) is 2.98. The summed E-state index contributed by atoms with van der Waals surface area (Å²) in [5.41, 5.74) is 0.579. The van der Waals surface area contributed by atoms with Gasteiger partial charge in [0, 0.05) is 12.1 Å². The van der Waals surface area contributed by atoms with Gasteiger partial charge in [0.15, 0.2) is 0 Å². The van der Waals surface area contributed by atoms with E-state index >= 15 is 0 Å². The van der Waals surface area contributed by atoms with Gasteiger partial charge in [-0.3, -0.25) is 0 Å². The molecule has 2 rings (SSSR count). The molecule has 0 aromatic carbocycles. The van der Waals surface area contributed by atoms with Gasteiger partial charge >= 0.3 is 0 Å². The summed E-state index contributed by atoms with van der Waals surface area (Å²) in [5.74, 6) is 1.82. The highest BCUT2D eigenvalue weighted by atomic mass is 15.0. The molecule has 1 heteroatoms. The minimum absolute atomic E-state index is 0.579. The Morgan fingerprint density at radius 2 is 1.62 bits per heavy atom. The van der Waals surface area contributed by atoms with Gasteiger partial charge in [0.2, 0.25) is 0 Å². The molecule has 0 aromatic rings. The first kappa shape index (κ1) is 9.51. The Balaban J connectivity index is 1.86. The summed E-state index contributed by atoms with van der Waals surface area (Å²) >= 11 is 0. The van der Waals surface area contributed by atoms with Crippen LogP contribution in [0.3, 0.4) is 0 Å². The summed E-state index contributed by atoms with van der Waals surface area (Å²) in [6.07, 6.45) is 4.17. The SMILES string of the molecule is CC1CC1NC1CC(C)(C)CC1C. The van der Waals surface area contributed by atoms with Crippen LogP contribution in [0.4, 0.5) is 0 Å². The second-order valence-corrected chi connectivity index (χ2v) is 6.14. The smallest absolute Gasteiger partial charge is 0.0101 e. The van der Waals surface area contributed by atoms with Gasteiger partial charge < -0.3 is 5.32 Å². The zero-order chi connectivity index (χ0) is 9.64. The average Bonchev–Trinajstić information content (AvgIpc) is 2.56. The van der Waals surface area contributed by atoms with E-state index in [0.717, 1.165) is 23.9 Å². The predicted octanol–water partition coefficient (Wildman–Crippen LogP) is 2.81. The van der Waals surface area contributed by atoms with E-state index in [0.29, 0.717) is 5.41 Å². The molecule has 4 unspecified atom stereocenters.